The van der Waals surface area contributed by atoms with Crippen LogP contribution in [0.2, 0.25) is 5.02 Å². The minimum Gasteiger partial charge on any atom is -0.312 e. The first-order valence-corrected chi connectivity index (χ1v) is 6.65. The fourth-order valence-corrected chi connectivity index (χ4v) is 1.74. The van der Waals surface area contributed by atoms with Gasteiger partial charge in [-0.25, -0.2) is 4.39 Å². The van der Waals surface area contributed by atoms with Crippen molar-refractivity contribution in [1.29, 1.82) is 0 Å². The zero-order chi connectivity index (χ0) is 11.3. The first-order valence-electron chi connectivity index (χ1n) is 4.54. The zero-order valence-corrected chi connectivity index (χ0v) is 10.00. The van der Waals surface area contributed by atoms with Crippen LogP contribution in [0.3, 0.4) is 0 Å². The second-order valence-corrected chi connectivity index (χ2v) is 5.18. The van der Waals surface area contributed by atoms with Crippen LogP contribution in [0.5, 0.6) is 0 Å². The molecule has 0 fully saturated rings. The Morgan fingerprint density at radius 1 is 1.53 bits per heavy atom. The van der Waals surface area contributed by atoms with Crippen LogP contribution < -0.4 is 5.32 Å². The van der Waals surface area contributed by atoms with Crippen LogP contribution in [0.15, 0.2) is 18.2 Å². The average molecular weight is 250 g/mol. The highest BCUT2D eigenvalue weighted by atomic mass is 35.5. The lowest BCUT2D eigenvalue weighted by Crippen LogP contribution is -2.20. The first-order chi connectivity index (χ1) is 7.09. The third-order valence-electron chi connectivity index (χ3n) is 1.89. The quantitative estimate of drug-likeness (QED) is 0.809. The zero-order valence-electron chi connectivity index (χ0n) is 8.43. The van der Waals surface area contributed by atoms with E-state index in [9.17, 15) is 8.60 Å². The molecule has 1 aromatic rings. The molecular weight excluding hydrogens is 237 g/mol. The Labute approximate surface area is 96.3 Å². The molecule has 0 saturated heterocycles. The van der Waals surface area contributed by atoms with E-state index in [1.54, 1.807) is 12.3 Å². The smallest absolute Gasteiger partial charge is 0.127 e. The summed E-state index contributed by atoms with van der Waals surface area (Å²) in [4.78, 5) is 0. The molecule has 0 saturated carbocycles. The molecule has 0 bridgehead atoms. The van der Waals surface area contributed by atoms with Crippen molar-refractivity contribution in [1.82, 2.24) is 5.32 Å². The van der Waals surface area contributed by atoms with Gasteiger partial charge in [0.1, 0.15) is 5.82 Å². The van der Waals surface area contributed by atoms with Crippen molar-refractivity contribution in [3.63, 3.8) is 0 Å². The van der Waals surface area contributed by atoms with E-state index in [-0.39, 0.29) is 5.82 Å². The topological polar surface area (TPSA) is 29.1 Å². The van der Waals surface area contributed by atoms with Crippen molar-refractivity contribution in [2.75, 3.05) is 18.6 Å². The van der Waals surface area contributed by atoms with Crippen molar-refractivity contribution in [3.05, 3.63) is 34.6 Å². The molecule has 0 heterocycles. The molecular formula is C10H13ClFNOS. The predicted octanol–water partition coefficient (Wildman–Crippen LogP) is 1.95. The minimum absolute atomic E-state index is 0.274. The predicted molar refractivity (Wildman–Crippen MR) is 62.1 cm³/mol. The molecule has 1 rings (SSSR count). The van der Waals surface area contributed by atoms with Crippen molar-refractivity contribution in [3.8, 4) is 0 Å². The summed E-state index contributed by atoms with van der Waals surface area (Å²) in [5, 5.41) is 3.53. The number of benzene rings is 1. The molecule has 5 heteroatoms. The van der Waals surface area contributed by atoms with Crippen molar-refractivity contribution < 1.29 is 8.60 Å². The highest BCUT2D eigenvalue weighted by molar-refractivity contribution is 7.84. The lowest BCUT2D eigenvalue weighted by atomic mass is 10.2. The molecule has 84 valence electrons. The summed E-state index contributed by atoms with van der Waals surface area (Å²) in [6.45, 7) is 1.01. The summed E-state index contributed by atoms with van der Waals surface area (Å²) in [5.74, 6) is 0.298. The number of hydrogen-bond donors (Lipinski definition) is 1. The van der Waals surface area contributed by atoms with Crippen molar-refractivity contribution in [2.45, 2.75) is 6.54 Å². The summed E-state index contributed by atoms with van der Waals surface area (Å²) in [5.41, 5.74) is 0.532. The van der Waals surface area contributed by atoms with E-state index in [0.717, 1.165) is 0 Å². The molecule has 0 spiro atoms. The van der Waals surface area contributed by atoms with Gasteiger partial charge in [0.25, 0.3) is 0 Å². The van der Waals surface area contributed by atoms with Gasteiger partial charge in [0.2, 0.25) is 0 Å². The van der Waals surface area contributed by atoms with Gasteiger partial charge in [0.15, 0.2) is 0 Å². The van der Waals surface area contributed by atoms with Crippen LogP contribution in [0.4, 0.5) is 4.39 Å². The lowest BCUT2D eigenvalue weighted by Gasteiger charge is -2.05. The SMILES string of the molecule is CS(=O)CCNCc1cc(Cl)ccc1F. The summed E-state index contributed by atoms with van der Waals surface area (Å²) in [6, 6.07) is 4.45. The van der Waals surface area contributed by atoms with Gasteiger partial charge in [-0.1, -0.05) is 11.6 Å². The van der Waals surface area contributed by atoms with Crippen LogP contribution in [-0.4, -0.2) is 22.8 Å². The second-order valence-electron chi connectivity index (χ2n) is 3.19. The molecule has 0 aromatic heterocycles. The molecule has 0 radical (unpaired) electrons. The third-order valence-corrected chi connectivity index (χ3v) is 2.90. The third kappa shape index (κ3) is 4.73. The Bertz CT molecular complexity index is 359. The maximum Gasteiger partial charge on any atom is 0.127 e. The van der Waals surface area contributed by atoms with E-state index >= 15 is 0 Å². The van der Waals surface area contributed by atoms with Gasteiger partial charge >= 0.3 is 0 Å². The van der Waals surface area contributed by atoms with Crippen LogP contribution in [0.25, 0.3) is 0 Å². The second kappa shape index (κ2) is 6.20. The largest absolute Gasteiger partial charge is 0.312 e. The van der Waals surface area contributed by atoms with Crippen LogP contribution in [0, 0.1) is 5.82 Å². The number of hydrogen-bond acceptors (Lipinski definition) is 2. The standard InChI is InChI=1S/C10H13ClFNOS/c1-15(14)5-4-13-7-8-6-9(11)2-3-10(8)12/h2-3,6,13H,4-5,7H2,1H3. The monoisotopic (exact) mass is 249 g/mol. The van der Waals surface area contributed by atoms with E-state index in [2.05, 4.69) is 5.32 Å². The van der Waals surface area contributed by atoms with E-state index in [4.69, 9.17) is 11.6 Å². The molecule has 1 atom stereocenters. The van der Waals surface area contributed by atoms with Crippen LogP contribution in [0.1, 0.15) is 5.56 Å². The van der Waals surface area contributed by atoms with Crippen LogP contribution >= 0.6 is 11.6 Å². The highest BCUT2D eigenvalue weighted by Crippen LogP contribution is 2.14. The fourth-order valence-electron chi connectivity index (χ4n) is 1.12. The number of nitrogens with one attached hydrogen (secondary N) is 1. The van der Waals surface area contributed by atoms with Gasteiger partial charge in [0, 0.05) is 46.5 Å². The molecule has 15 heavy (non-hydrogen) atoms. The summed E-state index contributed by atoms with van der Waals surface area (Å²) in [6.07, 6.45) is 1.64. The maximum absolute atomic E-state index is 13.2. The first kappa shape index (κ1) is 12.6. The maximum atomic E-state index is 13.2. The van der Waals surface area contributed by atoms with Crippen molar-refractivity contribution >= 4 is 22.4 Å². The normalized spacial score (nSPS) is 12.7. The Morgan fingerprint density at radius 3 is 2.93 bits per heavy atom. The van der Waals surface area contributed by atoms with Gasteiger partial charge in [-0.05, 0) is 18.2 Å². The minimum atomic E-state index is -0.816. The van der Waals surface area contributed by atoms with Gasteiger partial charge in [-0.2, -0.15) is 0 Å². The number of halogens is 2. The fraction of sp³-hybridized carbons (Fsp3) is 0.400. The molecule has 2 nitrogen and oxygen atoms in total. The van der Waals surface area contributed by atoms with Crippen molar-refractivity contribution in [2.24, 2.45) is 0 Å². The van der Waals surface area contributed by atoms with Gasteiger partial charge in [-0.3, -0.25) is 4.21 Å². The summed E-state index contributed by atoms with van der Waals surface area (Å²) >= 11 is 5.74. The van der Waals surface area contributed by atoms with E-state index in [1.807, 2.05) is 0 Å². The Kier molecular flexibility index (Phi) is 5.22. The lowest BCUT2D eigenvalue weighted by molar-refractivity contribution is 0.593. The Balaban J connectivity index is 2.43. The van der Waals surface area contributed by atoms with E-state index in [1.165, 1.54) is 12.1 Å². The van der Waals surface area contributed by atoms with E-state index < -0.39 is 10.8 Å². The van der Waals surface area contributed by atoms with E-state index in [0.29, 0.717) is 29.4 Å². The molecule has 1 unspecified atom stereocenters. The molecule has 0 aliphatic rings. The average Bonchev–Trinajstić information content (AvgIpc) is 2.17. The van der Waals surface area contributed by atoms with Gasteiger partial charge < -0.3 is 5.32 Å². The summed E-state index contributed by atoms with van der Waals surface area (Å²) < 4.78 is 23.9. The Hall–Kier alpha value is -0.450. The van der Waals surface area contributed by atoms with Gasteiger partial charge in [0.05, 0.1) is 0 Å². The van der Waals surface area contributed by atoms with Gasteiger partial charge in [-0.15, -0.1) is 0 Å². The molecule has 0 aliphatic carbocycles. The molecule has 0 aliphatic heterocycles. The molecule has 1 aromatic carbocycles. The molecule has 1 N–H and O–H groups in total. The molecule has 0 amide bonds. The summed E-state index contributed by atoms with van der Waals surface area (Å²) in [7, 11) is -0.816. The van der Waals surface area contributed by atoms with Crippen LogP contribution in [-0.2, 0) is 17.3 Å². The number of rotatable bonds is 5. The Morgan fingerprint density at radius 2 is 2.27 bits per heavy atom. The highest BCUT2D eigenvalue weighted by Gasteiger charge is 2.02.